The van der Waals surface area contributed by atoms with Gasteiger partial charge in [-0.15, -0.1) is 0 Å². The molecule has 5 nitrogen and oxygen atoms in total. The highest BCUT2D eigenvalue weighted by Crippen LogP contribution is 2.48. The number of fused-ring (bicyclic) bond motifs is 3. The molecule has 0 bridgehead atoms. The Morgan fingerprint density at radius 3 is 2.50 bits per heavy atom. The molecular weight excluding hydrogens is 308 g/mol. The second-order valence-corrected chi connectivity index (χ2v) is 7.33. The zero-order valence-corrected chi connectivity index (χ0v) is 14.5. The number of benzene rings is 1. The van der Waals surface area contributed by atoms with Gasteiger partial charge in [-0.05, 0) is 26.7 Å². The number of unbranched alkanes of at least 4 members (excludes halogenated alkanes) is 3. The third-order valence-electron chi connectivity index (χ3n) is 4.89. The Balaban J connectivity index is 1.85. The third kappa shape index (κ3) is 2.91. The number of rotatable bonds is 6. The quantitative estimate of drug-likeness (QED) is 0.616. The predicted molar refractivity (Wildman–Crippen MR) is 89.0 cm³/mol. The molecule has 1 aromatic rings. The molecule has 3 atom stereocenters. The van der Waals surface area contributed by atoms with Crippen LogP contribution in [0.25, 0.3) is 0 Å². The van der Waals surface area contributed by atoms with Crippen LogP contribution in [-0.4, -0.2) is 27.9 Å². The number of hydrogen-bond donors (Lipinski definition) is 2. The molecule has 0 aliphatic carbocycles. The second kappa shape index (κ2) is 6.37. The Labute approximate surface area is 142 Å². The highest BCUT2D eigenvalue weighted by atomic mass is 16.6. The van der Waals surface area contributed by atoms with Crippen LogP contribution in [0.15, 0.2) is 12.1 Å². The van der Waals surface area contributed by atoms with E-state index in [1.54, 1.807) is 19.9 Å². The lowest BCUT2D eigenvalue weighted by Crippen LogP contribution is -2.41. The first-order valence-electron chi connectivity index (χ1n) is 8.79. The maximum atomic E-state index is 12.3. The molecule has 0 amide bonds. The molecule has 2 aliphatic heterocycles. The first-order chi connectivity index (χ1) is 11.3. The van der Waals surface area contributed by atoms with Crippen molar-refractivity contribution in [1.82, 2.24) is 0 Å². The molecule has 2 heterocycles. The standard InChI is InChI=1S/C19H26O5/c1-4-5-6-7-8-13-11-9-10-12-15(20)17(19(2,3)22)24-16(12)14(11)18(21)23-13/h9-10,13,15,17,20,22H,4-8H2,1-3H3/t13-,15+,17-/m1/s1. The fourth-order valence-electron chi connectivity index (χ4n) is 3.56. The summed E-state index contributed by atoms with van der Waals surface area (Å²) >= 11 is 0. The highest BCUT2D eigenvalue weighted by molar-refractivity contribution is 5.97. The van der Waals surface area contributed by atoms with Crippen molar-refractivity contribution >= 4 is 5.97 Å². The van der Waals surface area contributed by atoms with Crippen LogP contribution in [-0.2, 0) is 4.74 Å². The SMILES string of the molecule is CCCCCC[C@H]1OC(=O)c2c1ccc1c2O[C@@H](C(C)(C)O)[C@H]1O. The fourth-order valence-corrected chi connectivity index (χ4v) is 3.56. The highest BCUT2D eigenvalue weighted by Gasteiger charge is 2.46. The molecule has 0 saturated carbocycles. The van der Waals surface area contributed by atoms with Crippen molar-refractivity contribution in [3.8, 4) is 5.75 Å². The van der Waals surface area contributed by atoms with Crippen molar-refractivity contribution in [3.63, 3.8) is 0 Å². The van der Waals surface area contributed by atoms with E-state index in [2.05, 4.69) is 6.92 Å². The number of aliphatic hydroxyl groups is 2. The summed E-state index contributed by atoms with van der Waals surface area (Å²) in [5.41, 5.74) is 0.579. The Morgan fingerprint density at radius 2 is 1.83 bits per heavy atom. The van der Waals surface area contributed by atoms with Crippen molar-refractivity contribution < 1.29 is 24.5 Å². The Morgan fingerprint density at radius 1 is 1.12 bits per heavy atom. The van der Waals surface area contributed by atoms with E-state index in [0.29, 0.717) is 16.9 Å². The topological polar surface area (TPSA) is 76.0 Å². The van der Waals surface area contributed by atoms with Gasteiger partial charge in [-0.25, -0.2) is 4.79 Å². The number of cyclic esters (lactones) is 1. The van der Waals surface area contributed by atoms with Gasteiger partial charge in [-0.1, -0.05) is 38.3 Å². The van der Waals surface area contributed by atoms with Gasteiger partial charge in [-0.3, -0.25) is 0 Å². The first-order valence-corrected chi connectivity index (χ1v) is 8.79. The maximum absolute atomic E-state index is 12.3. The molecule has 0 spiro atoms. The van der Waals surface area contributed by atoms with E-state index in [1.807, 2.05) is 6.07 Å². The molecule has 0 fully saturated rings. The zero-order valence-electron chi connectivity index (χ0n) is 14.5. The molecule has 0 aromatic heterocycles. The Kier molecular flexibility index (Phi) is 4.58. The van der Waals surface area contributed by atoms with Gasteiger partial charge in [-0.2, -0.15) is 0 Å². The number of aliphatic hydroxyl groups excluding tert-OH is 1. The largest absolute Gasteiger partial charge is 0.483 e. The van der Waals surface area contributed by atoms with Gasteiger partial charge in [0.2, 0.25) is 0 Å². The minimum Gasteiger partial charge on any atom is -0.483 e. The van der Waals surface area contributed by atoms with Crippen molar-refractivity contribution in [2.45, 2.75) is 76.8 Å². The molecule has 5 heteroatoms. The summed E-state index contributed by atoms with van der Waals surface area (Å²) in [5.74, 6) is -0.0286. The van der Waals surface area contributed by atoms with Crippen molar-refractivity contribution in [2.24, 2.45) is 0 Å². The lowest BCUT2D eigenvalue weighted by atomic mass is 9.92. The molecular formula is C19H26O5. The van der Waals surface area contributed by atoms with E-state index in [-0.39, 0.29) is 6.10 Å². The smallest absolute Gasteiger partial charge is 0.342 e. The maximum Gasteiger partial charge on any atom is 0.342 e. The van der Waals surface area contributed by atoms with Gasteiger partial charge >= 0.3 is 5.97 Å². The molecule has 0 unspecified atom stereocenters. The van der Waals surface area contributed by atoms with Crippen LogP contribution in [0.2, 0.25) is 0 Å². The van der Waals surface area contributed by atoms with E-state index in [9.17, 15) is 15.0 Å². The second-order valence-electron chi connectivity index (χ2n) is 7.33. The van der Waals surface area contributed by atoms with Crippen molar-refractivity contribution in [3.05, 3.63) is 28.8 Å². The fraction of sp³-hybridized carbons (Fsp3) is 0.632. The molecule has 0 radical (unpaired) electrons. The van der Waals surface area contributed by atoms with Gasteiger partial charge in [0, 0.05) is 11.1 Å². The number of carbonyl (C=O) groups excluding carboxylic acids is 1. The molecule has 3 rings (SSSR count). The number of hydrogen-bond acceptors (Lipinski definition) is 5. The monoisotopic (exact) mass is 334 g/mol. The van der Waals surface area contributed by atoms with Crippen LogP contribution < -0.4 is 4.74 Å². The molecule has 24 heavy (non-hydrogen) atoms. The summed E-state index contributed by atoms with van der Waals surface area (Å²) < 4.78 is 11.3. The van der Waals surface area contributed by atoms with Crippen molar-refractivity contribution in [2.75, 3.05) is 0 Å². The Hall–Kier alpha value is -1.59. The lowest BCUT2D eigenvalue weighted by Gasteiger charge is -2.27. The predicted octanol–water partition coefficient (Wildman–Crippen LogP) is 3.43. The van der Waals surface area contributed by atoms with Crippen LogP contribution in [0.1, 0.15) is 86.6 Å². The lowest BCUT2D eigenvalue weighted by molar-refractivity contribution is -0.0764. The van der Waals surface area contributed by atoms with Crippen LogP contribution in [0.3, 0.4) is 0 Å². The van der Waals surface area contributed by atoms with Crippen LogP contribution in [0.5, 0.6) is 5.75 Å². The summed E-state index contributed by atoms with van der Waals surface area (Å²) in [4.78, 5) is 12.3. The molecule has 132 valence electrons. The van der Waals surface area contributed by atoms with E-state index >= 15 is 0 Å². The molecule has 0 saturated heterocycles. The first kappa shape index (κ1) is 17.2. The van der Waals surface area contributed by atoms with Gasteiger partial charge in [0.15, 0.2) is 6.10 Å². The van der Waals surface area contributed by atoms with Crippen LogP contribution in [0.4, 0.5) is 0 Å². The van der Waals surface area contributed by atoms with E-state index < -0.39 is 23.8 Å². The van der Waals surface area contributed by atoms with Crippen LogP contribution >= 0.6 is 0 Å². The van der Waals surface area contributed by atoms with Gasteiger partial charge in [0.1, 0.15) is 23.5 Å². The summed E-state index contributed by atoms with van der Waals surface area (Å²) in [6, 6.07) is 3.63. The van der Waals surface area contributed by atoms with E-state index in [4.69, 9.17) is 9.47 Å². The average molecular weight is 334 g/mol. The summed E-state index contributed by atoms with van der Waals surface area (Å²) in [5, 5.41) is 20.6. The van der Waals surface area contributed by atoms with E-state index in [1.165, 1.54) is 12.8 Å². The van der Waals surface area contributed by atoms with E-state index in [0.717, 1.165) is 24.8 Å². The summed E-state index contributed by atoms with van der Waals surface area (Å²) in [7, 11) is 0. The summed E-state index contributed by atoms with van der Waals surface area (Å²) in [6.07, 6.45) is 3.29. The van der Waals surface area contributed by atoms with Gasteiger partial charge < -0.3 is 19.7 Å². The zero-order chi connectivity index (χ0) is 17.5. The Bertz CT molecular complexity index is 631. The minimum atomic E-state index is -1.21. The normalized spacial score (nSPS) is 25.2. The summed E-state index contributed by atoms with van der Waals surface area (Å²) in [6.45, 7) is 5.33. The molecule has 2 aliphatic rings. The minimum absolute atomic E-state index is 0.239. The third-order valence-corrected chi connectivity index (χ3v) is 4.89. The number of carbonyl (C=O) groups is 1. The number of ether oxygens (including phenoxy) is 2. The molecule has 1 aromatic carbocycles. The van der Waals surface area contributed by atoms with Crippen LogP contribution in [0, 0.1) is 0 Å². The molecule has 2 N–H and O–H groups in total. The average Bonchev–Trinajstić information content (AvgIpc) is 3.02. The van der Waals surface area contributed by atoms with Crippen molar-refractivity contribution in [1.29, 1.82) is 0 Å². The van der Waals surface area contributed by atoms with Gasteiger partial charge in [0.05, 0.1) is 5.60 Å². The number of esters is 1. The van der Waals surface area contributed by atoms with Gasteiger partial charge in [0.25, 0.3) is 0 Å².